The molecule has 102 valence electrons. The molecule has 6 heteroatoms. The number of hydrogen-bond donors (Lipinski definition) is 1. The molecule has 0 aliphatic rings. The van der Waals surface area contributed by atoms with E-state index in [-0.39, 0.29) is 5.56 Å². The Hall–Kier alpha value is -2.08. The SMILES string of the molecule is CCN(C)c1cnn(Cc2ccc(CN)o2)c(=O)c1. The Bertz CT molecular complexity index is 603. The molecular weight excluding hydrogens is 244 g/mol. The Kier molecular flexibility index (Phi) is 4.01. The molecule has 0 fully saturated rings. The molecule has 2 aromatic heterocycles. The zero-order chi connectivity index (χ0) is 13.8. The minimum atomic E-state index is -0.150. The van der Waals surface area contributed by atoms with Gasteiger partial charge >= 0.3 is 0 Å². The zero-order valence-corrected chi connectivity index (χ0v) is 11.2. The summed E-state index contributed by atoms with van der Waals surface area (Å²) in [5.41, 5.74) is 6.13. The van der Waals surface area contributed by atoms with Crippen molar-refractivity contribution in [3.05, 3.63) is 46.3 Å². The highest BCUT2D eigenvalue weighted by Gasteiger charge is 2.06. The molecule has 0 aromatic carbocycles. The van der Waals surface area contributed by atoms with Gasteiger partial charge < -0.3 is 15.1 Å². The molecule has 2 heterocycles. The first-order valence-electron chi connectivity index (χ1n) is 6.20. The first-order chi connectivity index (χ1) is 9.13. The van der Waals surface area contributed by atoms with Crippen molar-refractivity contribution >= 4 is 5.69 Å². The van der Waals surface area contributed by atoms with Crippen LogP contribution in [0.25, 0.3) is 0 Å². The molecule has 0 atom stereocenters. The molecule has 2 aromatic rings. The highest BCUT2D eigenvalue weighted by atomic mass is 16.3. The molecule has 0 aliphatic carbocycles. The molecule has 0 radical (unpaired) electrons. The third-order valence-corrected chi connectivity index (χ3v) is 2.99. The van der Waals surface area contributed by atoms with Crippen LogP contribution in [0.4, 0.5) is 5.69 Å². The summed E-state index contributed by atoms with van der Waals surface area (Å²) in [6.45, 7) is 3.50. The summed E-state index contributed by atoms with van der Waals surface area (Å²) in [5.74, 6) is 1.37. The Morgan fingerprint density at radius 1 is 1.42 bits per heavy atom. The number of furan rings is 1. The van der Waals surface area contributed by atoms with Gasteiger partial charge in [0.2, 0.25) is 0 Å². The zero-order valence-electron chi connectivity index (χ0n) is 11.2. The van der Waals surface area contributed by atoms with Crippen LogP contribution in [0.1, 0.15) is 18.4 Å². The number of hydrogen-bond acceptors (Lipinski definition) is 5. The molecule has 2 rings (SSSR count). The highest BCUT2D eigenvalue weighted by Crippen LogP contribution is 2.09. The third-order valence-electron chi connectivity index (χ3n) is 2.99. The fraction of sp³-hybridized carbons (Fsp3) is 0.385. The van der Waals surface area contributed by atoms with Crippen molar-refractivity contribution in [2.75, 3.05) is 18.5 Å². The lowest BCUT2D eigenvalue weighted by Crippen LogP contribution is -2.25. The fourth-order valence-electron chi connectivity index (χ4n) is 1.70. The second-order valence-corrected chi connectivity index (χ2v) is 4.30. The second kappa shape index (κ2) is 5.71. The summed E-state index contributed by atoms with van der Waals surface area (Å²) in [6, 6.07) is 5.19. The van der Waals surface area contributed by atoms with E-state index in [0.717, 1.165) is 12.2 Å². The molecule has 19 heavy (non-hydrogen) atoms. The summed E-state index contributed by atoms with van der Waals surface area (Å²) in [5, 5.41) is 4.15. The van der Waals surface area contributed by atoms with E-state index in [1.807, 2.05) is 24.9 Å². The number of nitrogens with two attached hydrogens (primary N) is 1. The van der Waals surface area contributed by atoms with E-state index in [1.165, 1.54) is 4.68 Å². The van der Waals surface area contributed by atoms with E-state index >= 15 is 0 Å². The summed E-state index contributed by atoms with van der Waals surface area (Å²) in [7, 11) is 1.92. The smallest absolute Gasteiger partial charge is 0.269 e. The summed E-state index contributed by atoms with van der Waals surface area (Å²) < 4.78 is 6.82. The predicted molar refractivity (Wildman–Crippen MR) is 73.1 cm³/mol. The molecule has 0 aliphatic heterocycles. The lowest BCUT2D eigenvalue weighted by molar-refractivity contribution is 0.440. The molecule has 0 bridgehead atoms. The summed E-state index contributed by atoms with van der Waals surface area (Å²) in [6.07, 6.45) is 1.68. The molecule has 0 saturated carbocycles. The van der Waals surface area contributed by atoms with Crippen LogP contribution in [0.15, 0.2) is 33.6 Å². The van der Waals surface area contributed by atoms with Gasteiger partial charge in [0.15, 0.2) is 0 Å². The Balaban J connectivity index is 2.19. The Labute approximate surface area is 111 Å². The number of aromatic nitrogens is 2. The molecule has 0 spiro atoms. The minimum absolute atomic E-state index is 0.150. The van der Waals surface area contributed by atoms with Crippen LogP contribution in [-0.2, 0) is 13.1 Å². The Morgan fingerprint density at radius 3 is 2.74 bits per heavy atom. The lowest BCUT2D eigenvalue weighted by atomic mass is 10.4. The number of nitrogens with zero attached hydrogens (tertiary/aromatic N) is 3. The molecular formula is C13H18N4O2. The van der Waals surface area contributed by atoms with Gasteiger partial charge in [-0.3, -0.25) is 4.79 Å². The van der Waals surface area contributed by atoms with Gasteiger partial charge in [0, 0.05) is 19.7 Å². The van der Waals surface area contributed by atoms with Crippen LogP contribution < -0.4 is 16.2 Å². The van der Waals surface area contributed by atoms with E-state index in [1.54, 1.807) is 18.3 Å². The molecule has 2 N–H and O–H groups in total. The van der Waals surface area contributed by atoms with Gasteiger partial charge in [0.05, 0.1) is 18.4 Å². The van der Waals surface area contributed by atoms with E-state index < -0.39 is 0 Å². The quantitative estimate of drug-likeness (QED) is 0.862. The largest absolute Gasteiger partial charge is 0.463 e. The van der Waals surface area contributed by atoms with Crippen LogP contribution in [0.5, 0.6) is 0 Å². The van der Waals surface area contributed by atoms with Crippen LogP contribution in [0.3, 0.4) is 0 Å². The van der Waals surface area contributed by atoms with Crippen molar-refractivity contribution in [3.63, 3.8) is 0 Å². The Morgan fingerprint density at radius 2 is 2.16 bits per heavy atom. The topological polar surface area (TPSA) is 77.3 Å². The van der Waals surface area contributed by atoms with Crippen LogP contribution in [-0.4, -0.2) is 23.4 Å². The molecule has 6 nitrogen and oxygen atoms in total. The third kappa shape index (κ3) is 3.03. The van der Waals surface area contributed by atoms with E-state index in [0.29, 0.717) is 24.6 Å². The van der Waals surface area contributed by atoms with Crippen molar-refractivity contribution in [2.45, 2.75) is 20.0 Å². The van der Waals surface area contributed by atoms with Gasteiger partial charge in [-0.1, -0.05) is 0 Å². The normalized spacial score (nSPS) is 10.7. The van der Waals surface area contributed by atoms with Gasteiger partial charge in [-0.05, 0) is 19.1 Å². The van der Waals surface area contributed by atoms with Crippen LogP contribution >= 0.6 is 0 Å². The second-order valence-electron chi connectivity index (χ2n) is 4.30. The van der Waals surface area contributed by atoms with Crippen LogP contribution in [0, 0.1) is 0 Å². The van der Waals surface area contributed by atoms with Crippen molar-refractivity contribution in [3.8, 4) is 0 Å². The molecule has 0 amide bonds. The maximum Gasteiger partial charge on any atom is 0.269 e. The first kappa shape index (κ1) is 13.4. The van der Waals surface area contributed by atoms with E-state index in [4.69, 9.17) is 10.2 Å². The van der Waals surface area contributed by atoms with Crippen LogP contribution in [0.2, 0.25) is 0 Å². The average molecular weight is 262 g/mol. The minimum Gasteiger partial charge on any atom is -0.463 e. The van der Waals surface area contributed by atoms with Crippen molar-refractivity contribution < 1.29 is 4.42 Å². The standard InChI is InChI=1S/C13H18N4O2/c1-3-16(2)10-6-13(18)17(15-8-10)9-12-5-4-11(7-14)19-12/h4-6,8H,3,7,9,14H2,1-2H3. The van der Waals surface area contributed by atoms with Gasteiger partial charge in [-0.2, -0.15) is 5.10 Å². The monoisotopic (exact) mass is 262 g/mol. The van der Waals surface area contributed by atoms with E-state index in [9.17, 15) is 4.79 Å². The number of anilines is 1. The maximum atomic E-state index is 11.9. The fourth-order valence-corrected chi connectivity index (χ4v) is 1.70. The van der Waals surface area contributed by atoms with E-state index in [2.05, 4.69) is 5.10 Å². The molecule has 0 saturated heterocycles. The van der Waals surface area contributed by atoms with Gasteiger partial charge in [-0.15, -0.1) is 0 Å². The maximum absolute atomic E-state index is 11.9. The highest BCUT2D eigenvalue weighted by molar-refractivity contribution is 5.41. The average Bonchev–Trinajstić information content (AvgIpc) is 2.88. The lowest BCUT2D eigenvalue weighted by Gasteiger charge is -2.16. The van der Waals surface area contributed by atoms with Crippen molar-refractivity contribution in [1.82, 2.24) is 9.78 Å². The van der Waals surface area contributed by atoms with Crippen molar-refractivity contribution in [2.24, 2.45) is 5.73 Å². The predicted octanol–water partition coefficient (Wildman–Crippen LogP) is 0.799. The van der Waals surface area contributed by atoms with Gasteiger partial charge in [0.1, 0.15) is 18.1 Å². The summed E-state index contributed by atoms with van der Waals surface area (Å²) >= 11 is 0. The number of rotatable bonds is 5. The summed E-state index contributed by atoms with van der Waals surface area (Å²) in [4.78, 5) is 13.9. The van der Waals surface area contributed by atoms with Gasteiger partial charge in [-0.25, -0.2) is 4.68 Å². The van der Waals surface area contributed by atoms with Crippen molar-refractivity contribution in [1.29, 1.82) is 0 Å². The van der Waals surface area contributed by atoms with Gasteiger partial charge in [0.25, 0.3) is 5.56 Å². The first-order valence-corrected chi connectivity index (χ1v) is 6.20. The molecule has 0 unspecified atom stereocenters.